The number of carboxylic acid groups (broad SMARTS) is 1. The van der Waals surface area contributed by atoms with E-state index in [9.17, 15) is 4.79 Å². The molecule has 0 aliphatic carbocycles. The fourth-order valence-corrected chi connectivity index (χ4v) is 4.50. The lowest BCUT2D eigenvalue weighted by Crippen LogP contribution is -2.07. The number of aliphatic carboxylic acids is 1. The molecule has 7 heteroatoms. The predicted molar refractivity (Wildman–Crippen MR) is 139 cm³/mol. The fourth-order valence-electron chi connectivity index (χ4n) is 4.50. The maximum atomic E-state index is 11.1. The molecule has 0 atom stereocenters. The van der Waals surface area contributed by atoms with Gasteiger partial charge in [0.05, 0.1) is 24.1 Å². The first-order valence-electron chi connectivity index (χ1n) is 12.2. The van der Waals surface area contributed by atoms with Crippen molar-refractivity contribution >= 4 is 27.8 Å². The average Bonchev–Trinajstić information content (AvgIpc) is 3.50. The van der Waals surface area contributed by atoms with Crippen molar-refractivity contribution in [3.05, 3.63) is 78.5 Å². The Kier molecular flexibility index (Phi) is 6.89. The van der Waals surface area contributed by atoms with Gasteiger partial charge in [0, 0.05) is 29.1 Å². The van der Waals surface area contributed by atoms with Gasteiger partial charge in [0.1, 0.15) is 23.7 Å². The van der Waals surface area contributed by atoms with Crippen LogP contribution in [0.15, 0.2) is 77.4 Å². The van der Waals surface area contributed by atoms with E-state index in [2.05, 4.69) is 12.1 Å². The molecule has 3 aromatic carbocycles. The van der Waals surface area contributed by atoms with Crippen LogP contribution in [0.25, 0.3) is 33.1 Å². The van der Waals surface area contributed by atoms with E-state index in [0.29, 0.717) is 19.6 Å². The van der Waals surface area contributed by atoms with Crippen LogP contribution in [0.4, 0.5) is 0 Å². The van der Waals surface area contributed by atoms with E-state index in [0.717, 1.165) is 63.0 Å². The molecule has 36 heavy (non-hydrogen) atoms. The molecule has 0 aliphatic heterocycles. The van der Waals surface area contributed by atoms with Gasteiger partial charge in [0.15, 0.2) is 5.58 Å². The highest BCUT2D eigenvalue weighted by atomic mass is 16.5. The summed E-state index contributed by atoms with van der Waals surface area (Å²) in [6, 6.07) is 21.6. The Labute approximate surface area is 208 Å². The van der Waals surface area contributed by atoms with Crippen molar-refractivity contribution in [2.45, 2.75) is 32.7 Å². The van der Waals surface area contributed by atoms with Crippen molar-refractivity contribution in [1.82, 2.24) is 9.72 Å². The largest absolute Gasteiger partial charge is 0.493 e. The number of fused-ring (bicyclic) bond motifs is 2. The third-order valence-electron chi connectivity index (χ3n) is 6.13. The van der Waals surface area contributed by atoms with Crippen molar-refractivity contribution in [2.24, 2.45) is 0 Å². The van der Waals surface area contributed by atoms with E-state index in [1.54, 1.807) is 10.8 Å². The Hall–Kier alpha value is -4.26. The van der Waals surface area contributed by atoms with Gasteiger partial charge in [-0.05, 0) is 36.8 Å². The van der Waals surface area contributed by atoms with E-state index in [-0.39, 0.29) is 6.54 Å². The molecule has 0 unspecified atom stereocenters. The number of carbonyl (C=O) groups is 1. The molecule has 0 aliphatic rings. The SMILES string of the molecule is CCCc1c(OCCCOc2cccc3c2ccn3CC(=O)O)ccc2c(-c3ccccc3)noc12. The van der Waals surface area contributed by atoms with Crippen molar-refractivity contribution in [3.8, 4) is 22.8 Å². The average molecular weight is 485 g/mol. The number of hydrogen-bond acceptors (Lipinski definition) is 5. The highest BCUT2D eigenvalue weighted by molar-refractivity contribution is 5.94. The smallest absolute Gasteiger partial charge is 0.323 e. The summed E-state index contributed by atoms with van der Waals surface area (Å²) in [6.07, 6.45) is 4.27. The first-order valence-corrected chi connectivity index (χ1v) is 12.2. The third kappa shape index (κ3) is 4.77. The summed E-state index contributed by atoms with van der Waals surface area (Å²) in [4.78, 5) is 11.1. The molecule has 184 valence electrons. The van der Waals surface area contributed by atoms with Gasteiger partial charge in [-0.25, -0.2) is 0 Å². The molecule has 1 N–H and O–H groups in total. The lowest BCUT2D eigenvalue weighted by atomic mass is 10.0. The molecule has 0 saturated carbocycles. The van der Waals surface area contributed by atoms with E-state index < -0.39 is 5.97 Å². The van der Waals surface area contributed by atoms with Crippen molar-refractivity contribution < 1.29 is 23.9 Å². The lowest BCUT2D eigenvalue weighted by Gasteiger charge is -2.12. The number of carboxylic acids is 1. The maximum absolute atomic E-state index is 11.1. The summed E-state index contributed by atoms with van der Waals surface area (Å²) in [7, 11) is 0. The Balaban J connectivity index is 1.25. The van der Waals surface area contributed by atoms with E-state index in [1.165, 1.54) is 0 Å². The first kappa shape index (κ1) is 23.5. The standard InChI is InChI=1S/C29H28N2O5/c1-2-8-22-26(14-13-23-28(30-36-29(22)23)20-9-4-3-5-10-20)35-18-7-17-34-25-12-6-11-24-21(25)15-16-31(24)19-27(32)33/h3-6,9-16H,2,7-8,17-19H2,1H3,(H,32,33). The van der Waals surface area contributed by atoms with Gasteiger partial charge >= 0.3 is 5.97 Å². The van der Waals surface area contributed by atoms with Gasteiger partial charge in [-0.15, -0.1) is 0 Å². The van der Waals surface area contributed by atoms with E-state index in [4.69, 9.17) is 19.1 Å². The van der Waals surface area contributed by atoms with Crippen molar-refractivity contribution in [2.75, 3.05) is 13.2 Å². The number of ether oxygens (including phenoxy) is 2. The number of nitrogens with zero attached hydrogens (tertiary/aromatic N) is 2. The molecule has 0 bridgehead atoms. The van der Waals surface area contributed by atoms with Crippen molar-refractivity contribution in [1.29, 1.82) is 0 Å². The van der Waals surface area contributed by atoms with Gasteiger partial charge < -0.3 is 23.7 Å². The molecular formula is C29H28N2O5. The minimum absolute atomic E-state index is 0.0801. The number of hydrogen-bond donors (Lipinski definition) is 1. The van der Waals surface area contributed by atoms with E-state index >= 15 is 0 Å². The molecule has 0 amide bonds. The van der Waals surface area contributed by atoms with Crippen LogP contribution in [0.2, 0.25) is 0 Å². The molecule has 5 rings (SSSR count). The quantitative estimate of drug-likeness (QED) is 0.220. The molecule has 2 aromatic heterocycles. The normalized spacial score (nSPS) is 11.2. The number of aryl methyl sites for hydroxylation is 1. The summed E-state index contributed by atoms with van der Waals surface area (Å²) in [5.41, 5.74) is 4.52. The van der Waals surface area contributed by atoms with Crippen LogP contribution < -0.4 is 9.47 Å². The zero-order valence-electron chi connectivity index (χ0n) is 20.1. The van der Waals surface area contributed by atoms with Crippen LogP contribution in [0, 0.1) is 0 Å². The molecule has 0 radical (unpaired) electrons. The highest BCUT2D eigenvalue weighted by Gasteiger charge is 2.17. The Bertz CT molecular complexity index is 1490. The summed E-state index contributed by atoms with van der Waals surface area (Å²) in [5, 5.41) is 15.3. The van der Waals surface area contributed by atoms with Crippen LogP contribution in [0.3, 0.4) is 0 Å². The molecule has 0 saturated heterocycles. The molecule has 0 spiro atoms. The third-order valence-corrected chi connectivity index (χ3v) is 6.13. The Morgan fingerprint density at radius 2 is 1.75 bits per heavy atom. The number of aromatic nitrogens is 2. The van der Waals surface area contributed by atoms with Crippen LogP contribution in [0.5, 0.6) is 11.5 Å². The Morgan fingerprint density at radius 1 is 0.944 bits per heavy atom. The van der Waals surface area contributed by atoms with E-state index in [1.807, 2.05) is 66.7 Å². The van der Waals surface area contributed by atoms with Gasteiger partial charge in [0.2, 0.25) is 0 Å². The first-order chi connectivity index (χ1) is 17.7. The highest BCUT2D eigenvalue weighted by Crippen LogP contribution is 2.35. The van der Waals surface area contributed by atoms with Crippen LogP contribution in [-0.4, -0.2) is 34.0 Å². The number of benzene rings is 3. The minimum Gasteiger partial charge on any atom is -0.493 e. The molecule has 0 fully saturated rings. The number of rotatable bonds is 11. The van der Waals surface area contributed by atoms with Gasteiger partial charge in [0.25, 0.3) is 0 Å². The lowest BCUT2D eigenvalue weighted by molar-refractivity contribution is -0.137. The second-order valence-electron chi connectivity index (χ2n) is 8.64. The molecule has 2 heterocycles. The van der Waals surface area contributed by atoms with Crippen LogP contribution >= 0.6 is 0 Å². The fraction of sp³-hybridized carbons (Fsp3) is 0.241. The Morgan fingerprint density at radius 3 is 2.53 bits per heavy atom. The van der Waals surface area contributed by atoms with Gasteiger partial charge in [-0.3, -0.25) is 4.79 Å². The summed E-state index contributed by atoms with van der Waals surface area (Å²) in [5.74, 6) is 0.672. The zero-order chi connectivity index (χ0) is 24.9. The summed E-state index contributed by atoms with van der Waals surface area (Å²) in [6.45, 7) is 3.03. The molecule has 7 nitrogen and oxygen atoms in total. The second-order valence-corrected chi connectivity index (χ2v) is 8.64. The summed E-state index contributed by atoms with van der Waals surface area (Å²) >= 11 is 0. The predicted octanol–water partition coefficient (Wildman–Crippen LogP) is 6.33. The van der Waals surface area contributed by atoms with Crippen LogP contribution in [-0.2, 0) is 17.8 Å². The maximum Gasteiger partial charge on any atom is 0.323 e. The van der Waals surface area contributed by atoms with Crippen LogP contribution in [0.1, 0.15) is 25.3 Å². The van der Waals surface area contributed by atoms with Gasteiger partial charge in [-0.1, -0.05) is 54.9 Å². The van der Waals surface area contributed by atoms with Crippen molar-refractivity contribution in [3.63, 3.8) is 0 Å². The molecule has 5 aromatic rings. The molecular weight excluding hydrogens is 456 g/mol. The summed E-state index contributed by atoms with van der Waals surface area (Å²) < 4.78 is 19.6. The second kappa shape index (κ2) is 10.6. The minimum atomic E-state index is -0.877. The van der Waals surface area contributed by atoms with Gasteiger partial charge in [-0.2, -0.15) is 0 Å². The zero-order valence-corrected chi connectivity index (χ0v) is 20.1. The monoisotopic (exact) mass is 484 g/mol. The topological polar surface area (TPSA) is 86.7 Å².